The van der Waals surface area contributed by atoms with E-state index in [1.807, 2.05) is 19.9 Å². The molecule has 0 aliphatic carbocycles. The zero-order valence-corrected chi connectivity index (χ0v) is 6.06. The van der Waals surface area contributed by atoms with Crippen LogP contribution in [-0.2, 0) is 0 Å². The largest absolute Gasteiger partial charge is 0.364 e. The third-order valence-corrected chi connectivity index (χ3v) is 1.40. The summed E-state index contributed by atoms with van der Waals surface area (Å²) in [5.74, 6) is -0.398. The molecule has 0 aliphatic heterocycles. The highest BCUT2D eigenvalue weighted by Crippen LogP contribution is 2.06. The Morgan fingerprint density at radius 2 is 2.20 bits per heavy atom. The van der Waals surface area contributed by atoms with Crippen LogP contribution in [0.1, 0.15) is 21.7 Å². The van der Waals surface area contributed by atoms with Crippen LogP contribution in [0.5, 0.6) is 0 Å². The van der Waals surface area contributed by atoms with Crippen LogP contribution >= 0.6 is 0 Å². The normalized spacial score (nSPS) is 9.80. The van der Waals surface area contributed by atoms with Crippen LogP contribution in [-0.4, -0.2) is 10.9 Å². The number of primary amides is 1. The van der Waals surface area contributed by atoms with Gasteiger partial charge in [0.15, 0.2) is 0 Å². The van der Waals surface area contributed by atoms with Crippen LogP contribution in [0.2, 0.25) is 0 Å². The molecule has 0 spiro atoms. The highest BCUT2D eigenvalue weighted by molar-refractivity contribution is 5.92. The number of amides is 1. The monoisotopic (exact) mass is 138 g/mol. The minimum Gasteiger partial charge on any atom is -0.364 e. The fraction of sp³-hybridized carbons (Fsp3) is 0.286. The summed E-state index contributed by atoms with van der Waals surface area (Å²) >= 11 is 0. The summed E-state index contributed by atoms with van der Waals surface area (Å²) in [7, 11) is 0. The second kappa shape index (κ2) is 2.17. The topological polar surface area (TPSA) is 58.9 Å². The van der Waals surface area contributed by atoms with E-state index in [4.69, 9.17) is 5.73 Å². The van der Waals surface area contributed by atoms with Crippen LogP contribution in [0, 0.1) is 13.8 Å². The molecule has 1 rings (SSSR count). The molecule has 3 N–H and O–H groups in total. The average Bonchev–Trinajstić information content (AvgIpc) is 2.10. The van der Waals surface area contributed by atoms with Gasteiger partial charge < -0.3 is 10.7 Å². The molecule has 1 amide bonds. The van der Waals surface area contributed by atoms with Crippen molar-refractivity contribution >= 4 is 5.91 Å². The minimum absolute atomic E-state index is 0.398. The van der Waals surface area contributed by atoms with Crippen LogP contribution in [0.3, 0.4) is 0 Å². The Bertz CT molecular complexity index is 263. The van der Waals surface area contributed by atoms with E-state index < -0.39 is 5.91 Å². The minimum atomic E-state index is -0.398. The summed E-state index contributed by atoms with van der Waals surface area (Å²) in [6, 6.07) is 1.89. The molecule has 0 saturated heterocycles. The molecule has 0 unspecified atom stereocenters. The molecule has 0 saturated carbocycles. The van der Waals surface area contributed by atoms with E-state index in [1.54, 1.807) is 0 Å². The van der Waals surface area contributed by atoms with Gasteiger partial charge in [0.1, 0.15) is 5.69 Å². The molecule has 10 heavy (non-hydrogen) atoms. The lowest BCUT2D eigenvalue weighted by molar-refractivity contribution is 0.0995. The van der Waals surface area contributed by atoms with Gasteiger partial charge in [-0.3, -0.25) is 4.79 Å². The van der Waals surface area contributed by atoms with Crippen molar-refractivity contribution in [1.29, 1.82) is 0 Å². The van der Waals surface area contributed by atoms with E-state index in [0.29, 0.717) is 5.69 Å². The number of aromatic amines is 1. The lowest BCUT2D eigenvalue weighted by Crippen LogP contribution is -2.12. The van der Waals surface area contributed by atoms with E-state index in [2.05, 4.69) is 4.98 Å². The second-order valence-electron chi connectivity index (χ2n) is 2.37. The molecule has 0 fully saturated rings. The maximum absolute atomic E-state index is 10.6. The predicted molar refractivity (Wildman–Crippen MR) is 38.8 cm³/mol. The number of nitrogens with one attached hydrogen (secondary N) is 1. The first-order valence-corrected chi connectivity index (χ1v) is 3.07. The van der Waals surface area contributed by atoms with E-state index in [1.165, 1.54) is 0 Å². The molecule has 0 atom stereocenters. The first-order chi connectivity index (χ1) is 4.61. The number of carbonyl (C=O) groups excluding carboxylic acids is 1. The summed E-state index contributed by atoms with van der Waals surface area (Å²) < 4.78 is 0. The van der Waals surface area contributed by atoms with Gasteiger partial charge in [0.05, 0.1) is 0 Å². The number of nitrogens with two attached hydrogens (primary N) is 1. The summed E-state index contributed by atoms with van der Waals surface area (Å²) in [5.41, 5.74) is 7.44. The van der Waals surface area contributed by atoms with E-state index in [9.17, 15) is 4.79 Å². The number of aryl methyl sites for hydroxylation is 2. The molecule has 0 aromatic carbocycles. The van der Waals surface area contributed by atoms with Crippen LogP contribution < -0.4 is 5.73 Å². The molecule has 0 bridgehead atoms. The van der Waals surface area contributed by atoms with Crippen molar-refractivity contribution in [2.24, 2.45) is 5.73 Å². The van der Waals surface area contributed by atoms with Gasteiger partial charge in [-0.2, -0.15) is 0 Å². The molecule has 1 aromatic rings. The second-order valence-corrected chi connectivity index (χ2v) is 2.37. The third-order valence-electron chi connectivity index (χ3n) is 1.40. The van der Waals surface area contributed by atoms with Crippen LogP contribution in [0.15, 0.2) is 6.07 Å². The molecular formula is C7H10N2O. The standard InChI is InChI=1S/C7H10N2O/c1-4-3-5(2)9-6(4)7(8)10/h3,9H,1-2H3,(H2,8,10). The Balaban J connectivity index is 3.15. The number of aromatic nitrogens is 1. The fourth-order valence-corrected chi connectivity index (χ4v) is 0.985. The Labute approximate surface area is 59.2 Å². The quantitative estimate of drug-likeness (QED) is 0.590. The highest BCUT2D eigenvalue weighted by atomic mass is 16.1. The van der Waals surface area contributed by atoms with Gasteiger partial charge >= 0.3 is 0 Å². The van der Waals surface area contributed by atoms with Gasteiger partial charge in [-0.1, -0.05) is 0 Å². The smallest absolute Gasteiger partial charge is 0.265 e. The van der Waals surface area contributed by atoms with Crippen LogP contribution in [0.25, 0.3) is 0 Å². The van der Waals surface area contributed by atoms with Crippen molar-refractivity contribution in [3.8, 4) is 0 Å². The number of hydrogen-bond donors (Lipinski definition) is 2. The molecule has 0 radical (unpaired) electrons. The Morgan fingerprint density at radius 1 is 1.60 bits per heavy atom. The van der Waals surface area contributed by atoms with Crippen molar-refractivity contribution < 1.29 is 4.79 Å². The predicted octanol–water partition coefficient (Wildman–Crippen LogP) is 0.730. The summed E-state index contributed by atoms with van der Waals surface area (Å²) in [6.07, 6.45) is 0. The first kappa shape index (κ1) is 6.86. The molecule has 1 aromatic heterocycles. The van der Waals surface area contributed by atoms with E-state index in [-0.39, 0.29) is 0 Å². The fourth-order valence-electron chi connectivity index (χ4n) is 0.985. The summed E-state index contributed by atoms with van der Waals surface area (Å²) in [4.78, 5) is 13.5. The molecule has 3 heteroatoms. The van der Waals surface area contributed by atoms with Gasteiger partial charge in [-0.05, 0) is 25.5 Å². The van der Waals surface area contributed by atoms with Crippen molar-refractivity contribution in [3.63, 3.8) is 0 Å². The van der Waals surface area contributed by atoms with E-state index >= 15 is 0 Å². The Hall–Kier alpha value is -1.25. The molecule has 0 aliphatic rings. The highest BCUT2D eigenvalue weighted by Gasteiger charge is 2.05. The van der Waals surface area contributed by atoms with Gasteiger partial charge in [-0.25, -0.2) is 0 Å². The maximum Gasteiger partial charge on any atom is 0.265 e. The summed E-state index contributed by atoms with van der Waals surface area (Å²) in [6.45, 7) is 3.74. The molecular weight excluding hydrogens is 128 g/mol. The number of H-pyrrole nitrogens is 1. The van der Waals surface area contributed by atoms with Crippen molar-refractivity contribution in [1.82, 2.24) is 4.98 Å². The van der Waals surface area contributed by atoms with Crippen molar-refractivity contribution in [3.05, 3.63) is 23.0 Å². The summed E-state index contributed by atoms with van der Waals surface area (Å²) in [5, 5.41) is 0. The Kier molecular flexibility index (Phi) is 1.49. The number of carbonyl (C=O) groups is 1. The molecule has 1 heterocycles. The lowest BCUT2D eigenvalue weighted by Gasteiger charge is -1.89. The average molecular weight is 138 g/mol. The third kappa shape index (κ3) is 1.03. The van der Waals surface area contributed by atoms with Crippen molar-refractivity contribution in [2.45, 2.75) is 13.8 Å². The number of rotatable bonds is 1. The molecule has 54 valence electrons. The van der Waals surface area contributed by atoms with Gasteiger partial charge in [0.25, 0.3) is 5.91 Å². The van der Waals surface area contributed by atoms with Gasteiger partial charge in [-0.15, -0.1) is 0 Å². The van der Waals surface area contributed by atoms with E-state index in [0.717, 1.165) is 11.3 Å². The van der Waals surface area contributed by atoms with Gasteiger partial charge in [0, 0.05) is 5.69 Å². The number of hydrogen-bond acceptors (Lipinski definition) is 1. The van der Waals surface area contributed by atoms with Gasteiger partial charge in [0.2, 0.25) is 0 Å². The first-order valence-electron chi connectivity index (χ1n) is 3.07. The maximum atomic E-state index is 10.6. The lowest BCUT2D eigenvalue weighted by atomic mass is 10.2. The van der Waals surface area contributed by atoms with Crippen LogP contribution in [0.4, 0.5) is 0 Å². The SMILES string of the molecule is Cc1cc(C)c(C(N)=O)[nH]1. The zero-order chi connectivity index (χ0) is 7.72. The molecule has 3 nitrogen and oxygen atoms in total. The van der Waals surface area contributed by atoms with Crippen molar-refractivity contribution in [2.75, 3.05) is 0 Å². The zero-order valence-electron chi connectivity index (χ0n) is 6.06. The Morgan fingerprint density at radius 3 is 2.40 bits per heavy atom.